The van der Waals surface area contributed by atoms with Gasteiger partial charge in [0, 0.05) is 33.5 Å². The Morgan fingerprint density at radius 2 is 1.26 bits per heavy atom. The molecule has 114 valence electrons. The molecule has 0 aromatic rings. The maximum Gasteiger partial charge on any atom is 0.300 e. The molecule has 0 aliphatic carbocycles. The number of nitrogens with two attached hydrogens (primary N) is 1. The fourth-order valence-electron chi connectivity index (χ4n) is 0.224. The number of carbonyl (C=O) groups is 3. The maximum atomic E-state index is 9.00. The Balaban J connectivity index is -0.0000000825. The summed E-state index contributed by atoms with van der Waals surface area (Å²) in [5.74, 6) is -2.50. The van der Waals surface area contributed by atoms with E-state index in [0.717, 1.165) is 25.8 Å². The van der Waals surface area contributed by atoms with Crippen LogP contribution < -0.4 is 5.73 Å². The van der Waals surface area contributed by atoms with Crippen molar-refractivity contribution in [3.8, 4) is 0 Å². The Hall–Kier alpha value is -2.13. The third-order valence-electron chi connectivity index (χ3n) is 0.569. The molecule has 0 heterocycles. The summed E-state index contributed by atoms with van der Waals surface area (Å²) in [6.45, 7) is 7.44. The standard InChI is InChI=1S/C4H10N2O.3C2H4O2/c1-2-6(7)4-3-5;3*1-2(3)4/h2,7H,1,3-5H2;3*1H3,(H,3,4). The first kappa shape index (κ1) is 25.7. The van der Waals surface area contributed by atoms with E-state index in [-0.39, 0.29) is 0 Å². The van der Waals surface area contributed by atoms with Gasteiger partial charge in [0.1, 0.15) is 0 Å². The molecule has 0 radical (unpaired) electrons. The van der Waals surface area contributed by atoms with Crippen molar-refractivity contribution in [1.29, 1.82) is 0 Å². The lowest BCUT2D eigenvalue weighted by Crippen LogP contribution is -2.20. The van der Waals surface area contributed by atoms with Gasteiger partial charge in [-0.05, 0) is 0 Å². The number of carboxylic acid groups (broad SMARTS) is 3. The largest absolute Gasteiger partial charge is 0.481 e. The number of hydrogen-bond acceptors (Lipinski definition) is 6. The quantitative estimate of drug-likeness (QED) is 0.450. The summed E-state index contributed by atoms with van der Waals surface area (Å²) in [6.07, 6.45) is 1.31. The van der Waals surface area contributed by atoms with Crippen molar-refractivity contribution in [2.45, 2.75) is 20.8 Å². The number of hydroxylamine groups is 2. The maximum absolute atomic E-state index is 9.00. The van der Waals surface area contributed by atoms with Crippen molar-refractivity contribution >= 4 is 17.9 Å². The van der Waals surface area contributed by atoms with Gasteiger partial charge in [-0.2, -0.15) is 0 Å². The average molecular weight is 282 g/mol. The fourth-order valence-corrected chi connectivity index (χ4v) is 0.224. The van der Waals surface area contributed by atoms with Crippen molar-refractivity contribution < 1.29 is 34.9 Å². The van der Waals surface area contributed by atoms with Crippen LogP contribution in [0.25, 0.3) is 0 Å². The first-order chi connectivity index (χ1) is 8.50. The van der Waals surface area contributed by atoms with Crippen LogP contribution in [0, 0.1) is 0 Å². The van der Waals surface area contributed by atoms with Crippen LogP contribution in [0.1, 0.15) is 20.8 Å². The van der Waals surface area contributed by atoms with E-state index >= 15 is 0 Å². The van der Waals surface area contributed by atoms with Gasteiger partial charge in [-0.15, -0.1) is 0 Å². The van der Waals surface area contributed by atoms with Crippen LogP contribution in [-0.4, -0.2) is 56.6 Å². The lowest BCUT2D eigenvalue weighted by molar-refractivity contribution is -0.135. The zero-order chi connectivity index (χ0) is 16.4. The number of rotatable bonds is 3. The topological polar surface area (TPSA) is 161 Å². The molecule has 0 aromatic carbocycles. The molecule has 0 unspecified atom stereocenters. The molecule has 0 amide bonds. The average Bonchev–Trinajstić information content (AvgIpc) is 2.15. The highest BCUT2D eigenvalue weighted by atomic mass is 16.5. The van der Waals surface area contributed by atoms with E-state index in [1.54, 1.807) is 0 Å². The lowest BCUT2D eigenvalue weighted by atomic mass is 10.6. The summed E-state index contributed by atoms with van der Waals surface area (Å²) in [6, 6.07) is 0. The lowest BCUT2D eigenvalue weighted by Gasteiger charge is -2.06. The van der Waals surface area contributed by atoms with Crippen molar-refractivity contribution in [2.24, 2.45) is 5.73 Å². The summed E-state index contributed by atoms with van der Waals surface area (Å²) >= 11 is 0. The van der Waals surface area contributed by atoms with E-state index < -0.39 is 17.9 Å². The van der Waals surface area contributed by atoms with Crippen LogP contribution in [0.3, 0.4) is 0 Å². The number of aliphatic carboxylic acids is 3. The fraction of sp³-hybridized carbons (Fsp3) is 0.500. The van der Waals surface area contributed by atoms with Gasteiger partial charge in [-0.3, -0.25) is 24.7 Å². The summed E-state index contributed by atoms with van der Waals surface area (Å²) in [4.78, 5) is 27.0. The van der Waals surface area contributed by atoms with Crippen LogP contribution in [-0.2, 0) is 14.4 Å². The van der Waals surface area contributed by atoms with E-state index in [0.29, 0.717) is 13.1 Å². The molecule has 0 rings (SSSR count). The van der Waals surface area contributed by atoms with E-state index in [1.165, 1.54) is 6.20 Å². The monoisotopic (exact) mass is 282 g/mol. The predicted molar refractivity (Wildman–Crippen MR) is 67.7 cm³/mol. The van der Waals surface area contributed by atoms with Gasteiger partial charge >= 0.3 is 0 Å². The molecule has 9 nitrogen and oxygen atoms in total. The highest BCUT2D eigenvalue weighted by Crippen LogP contribution is 1.74. The van der Waals surface area contributed by atoms with Crippen LogP contribution >= 0.6 is 0 Å². The van der Waals surface area contributed by atoms with Crippen molar-refractivity contribution in [3.05, 3.63) is 12.8 Å². The third kappa shape index (κ3) is 371. The minimum Gasteiger partial charge on any atom is -0.481 e. The van der Waals surface area contributed by atoms with Gasteiger partial charge in [-0.25, -0.2) is 0 Å². The van der Waals surface area contributed by atoms with Crippen LogP contribution in [0.2, 0.25) is 0 Å². The van der Waals surface area contributed by atoms with E-state index in [4.69, 9.17) is 40.6 Å². The second-order valence-electron chi connectivity index (χ2n) is 2.69. The minimum atomic E-state index is -0.833. The Morgan fingerprint density at radius 1 is 1.05 bits per heavy atom. The van der Waals surface area contributed by atoms with E-state index in [2.05, 4.69) is 6.58 Å². The highest BCUT2D eigenvalue weighted by molar-refractivity contribution is 5.63. The smallest absolute Gasteiger partial charge is 0.300 e. The molecule has 0 bridgehead atoms. The molecule has 0 saturated heterocycles. The molecule has 19 heavy (non-hydrogen) atoms. The van der Waals surface area contributed by atoms with E-state index in [9.17, 15) is 0 Å². The van der Waals surface area contributed by atoms with Crippen LogP contribution in [0.15, 0.2) is 12.8 Å². The molecule has 6 N–H and O–H groups in total. The Bertz CT molecular complexity index is 216. The van der Waals surface area contributed by atoms with Gasteiger partial charge in [0.25, 0.3) is 17.9 Å². The number of hydrogen-bond donors (Lipinski definition) is 5. The number of nitrogens with zero attached hydrogens (tertiary/aromatic N) is 1. The molecule has 0 aliphatic heterocycles. The first-order valence-corrected chi connectivity index (χ1v) is 4.87. The Morgan fingerprint density at radius 3 is 1.32 bits per heavy atom. The molecule has 0 spiro atoms. The molecular weight excluding hydrogens is 260 g/mol. The van der Waals surface area contributed by atoms with Gasteiger partial charge in [-0.1, -0.05) is 6.58 Å². The third-order valence-corrected chi connectivity index (χ3v) is 0.569. The summed E-state index contributed by atoms with van der Waals surface area (Å²) in [5.41, 5.74) is 5.06. The van der Waals surface area contributed by atoms with Crippen molar-refractivity contribution in [2.75, 3.05) is 13.1 Å². The molecule has 0 saturated carbocycles. The van der Waals surface area contributed by atoms with Gasteiger partial charge < -0.3 is 21.1 Å². The van der Waals surface area contributed by atoms with Gasteiger partial charge in [0.05, 0.1) is 6.54 Å². The second kappa shape index (κ2) is 21.2. The summed E-state index contributed by atoms with van der Waals surface area (Å²) in [7, 11) is 0. The normalized spacial score (nSPS) is 7.00. The van der Waals surface area contributed by atoms with Crippen LogP contribution in [0.4, 0.5) is 0 Å². The molecule has 0 fully saturated rings. The number of carboxylic acids is 3. The van der Waals surface area contributed by atoms with Gasteiger partial charge in [0.2, 0.25) is 0 Å². The molecule has 0 aliphatic rings. The summed E-state index contributed by atoms with van der Waals surface area (Å²) in [5, 5.41) is 31.7. The summed E-state index contributed by atoms with van der Waals surface area (Å²) < 4.78 is 0. The molecule has 0 aromatic heterocycles. The SMILES string of the molecule is C=CN(O)CCN.CC(=O)O.CC(=O)O.CC(=O)O. The second-order valence-corrected chi connectivity index (χ2v) is 2.69. The van der Waals surface area contributed by atoms with E-state index in [1.807, 2.05) is 0 Å². The zero-order valence-corrected chi connectivity index (χ0v) is 11.2. The van der Waals surface area contributed by atoms with Crippen molar-refractivity contribution in [1.82, 2.24) is 5.06 Å². The molecular formula is C10H22N2O7. The Labute approximate surface area is 111 Å². The minimum absolute atomic E-state index is 0.447. The van der Waals surface area contributed by atoms with Crippen LogP contribution in [0.5, 0.6) is 0 Å². The Kier molecular flexibility index (Phi) is 28.6. The first-order valence-electron chi connectivity index (χ1n) is 4.87. The molecule has 9 heteroatoms. The predicted octanol–water partition coefficient (Wildman–Crippen LogP) is 0.0525. The highest BCUT2D eigenvalue weighted by Gasteiger charge is 1.83. The zero-order valence-electron chi connectivity index (χ0n) is 11.2. The van der Waals surface area contributed by atoms with Gasteiger partial charge in [0.15, 0.2) is 0 Å². The molecule has 0 atom stereocenters. The van der Waals surface area contributed by atoms with Crippen molar-refractivity contribution in [3.63, 3.8) is 0 Å².